The van der Waals surface area contributed by atoms with Crippen LogP contribution in [0.15, 0.2) is 0 Å². The van der Waals surface area contributed by atoms with Gasteiger partial charge in [-0.25, -0.2) is 0 Å². The summed E-state index contributed by atoms with van der Waals surface area (Å²) in [5.74, 6) is 0. The molecule has 0 saturated carbocycles. The van der Waals surface area contributed by atoms with E-state index in [9.17, 15) is 0 Å². The first-order chi connectivity index (χ1) is 3.46. The van der Waals surface area contributed by atoms with Crippen molar-refractivity contribution in [2.45, 2.75) is 0 Å². The van der Waals surface area contributed by atoms with Gasteiger partial charge in [0.1, 0.15) is 0 Å². The predicted molar refractivity (Wildman–Crippen MR) is 63.0 cm³/mol. The third kappa shape index (κ3) is 414. The molecule has 2 nitrogen and oxygen atoms in total. The molecule has 0 aliphatic rings. The van der Waals surface area contributed by atoms with Gasteiger partial charge in [0.25, 0.3) is 0 Å². The minimum absolute atomic E-state index is 0. The molecular weight excluding hydrogens is 340 g/mol. The van der Waals surface area contributed by atoms with Crippen molar-refractivity contribution in [3.8, 4) is 0 Å². The molecule has 0 heterocycles. The van der Waals surface area contributed by atoms with Gasteiger partial charge in [0.15, 0.2) is 0 Å². The van der Waals surface area contributed by atoms with Crippen LogP contribution in [-0.4, -0.2) is 8.64 Å². The Bertz CT molecular complexity index is 76.6. The van der Waals surface area contributed by atoms with E-state index in [-0.39, 0.29) is 56.7 Å². The van der Waals surface area contributed by atoms with E-state index in [1.807, 2.05) is 0 Å². The number of nitrogens with two attached hydrogens (primary N) is 2. The summed E-state index contributed by atoms with van der Waals surface area (Å²) < 4.78 is 0.167. The quantitative estimate of drug-likeness (QED) is 0.353. The predicted octanol–water partition coefficient (Wildman–Crippen LogP) is -0.453. The molecule has 0 fully saturated rings. The first-order valence-corrected chi connectivity index (χ1v) is 3.03. The van der Waals surface area contributed by atoms with E-state index in [0.717, 1.165) is 0 Å². The third-order valence-corrected chi connectivity index (χ3v) is 0. The van der Waals surface area contributed by atoms with E-state index in [1.165, 1.54) is 0 Å². The summed E-state index contributed by atoms with van der Waals surface area (Å²) in [6.07, 6.45) is 0. The van der Waals surface area contributed by atoms with Gasteiger partial charge in [0, 0.05) is 0 Å². The van der Waals surface area contributed by atoms with Gasteiger partial charge in [0.2, 0.25) is 0 Å². The van der Waals surface area contributed by atoms with Crippen LogP contribution in [0.1, 0.15) is 0 Å². The Kier molecular flexibility index (Phi) is 60.2. The van der Waals surface area contributed by atoms with Crippen LogP contribution >= 0.6 is 24.4 Å². The second-order valence-electron chi connectivity index (χ2n) is 0.638. The van der Waals surface area contributed by atoms with Crippen molar-refractivity contribution in [3.05, 3.63) is 0 Å². The van der Waals surface area contributed by atoms with Crippen molar-refractivity contribution in [3.63, 3.8) is 0 Å². The van der Waals surface area contributed by atoms with Crippen molar-refractivity contribution in [1.82, 2.24) is 0 Å². The SMILES string of the molecule is NC(=S)[S-].NC(=S)[S-].[Mo+6].[S-2].[S-2]. The monoisotopic (exact) mass is 346 g/mol. The summed E-state index contributed by atoms with van der Waals surface area (Å²) in [7, 11) is 0. The first-order valence-electron chi connectivity index (χ1n) is 1.39. The van der Waals surface area contributed by atoms with Gasteiger partial charge in [-0.3, -0.25) is 0 Å². The zero-order valence-corrected chi connectivity index (χ0v) is 11.9. The molecule has 11 heavy (non-hydrogen) atoms. The van der Waals surface area contributed by atoms with Crippen LogP contribution in [0.5, 0.6) is 0 Å². The minimum atomic E-state index is 0. The van der Waals surface area contributed by atoms with Crippen LogP contribution in [0.3, 0.4) is 0 Å². The molecule has 0 radical (unpaired) electrons. The molecule has 4 N–H and O–H groups in total. The Morgan fingerprint density at radius 3 is 0.909 bits per heavy atom. The molecule has 0 unspecified atom stereocenters. The summed E-state index contributed by atoms with van der Waals surface area (Å²) >= 11 is 16.5. The van der Waals surface area contributed by atoms with Crippen molar-refractivity contribution in [2.24, 2.45) is 11.5 Å². The van der Waals surface area contributed by atoms with Gasteiger partial charge >= 0.3 is 21.1 Å². The van der Waals surface area contributed by atoms with E-state index < -0.39 is 0 Å². The second kappa shape index (κ2) is 22.6. The maximum atomic E-state index is 4.66. The fourth-order valence-corrected chi connectivity index (χ4v) is 0. The largest absolute Gasteiger partial charge is 6.00 e. The van der Waals surface area contributed by atoms with Crippen LogP contribution in [0, 0.1) is 0 Å². The molecule has 0 aliphatic carbocycles. The van der Waals surface area contributed by atoms with Crippen LogP contribution < -0.4 is 11.5 Å². The number of hydrogen-bond donors (Lipinski definition) is 2. The minimum Gasteiger partial charge on any atom is -2.00 e. The van der Waals surface area contributed by atoms with Crippen molar-refractivity contribution in [2.75, 3.05) is 0 Å². The molecule has 0 atom stereocenters. The van der Waals surface area contributed by atoms with E-state index in [0.29, 0.717) is 0 Å². The zero-order chi connectivity index (χ0) is 7.15. The topological polar surface area (TPSA) is 52.0 Å². The van der Waals surface area contributed by atoms with Crippen molar-refractivity contribution < 1.29 is 21.1 Å². The second-order valence-corrected chi connectivity index (χ2v) is 2.91. The fraction of sp³-hybridized carbons (Fsp3) is 0. The Labute approximate surface area is 117 Å². The molecule has 9 heteroatoms. The molecule has 0 saturated heterocycles. The maximum Gasteiger partial charge on any atom is 6.00 e. The van der Waals surface area contributed by atoms with Gasteiger partial charge in [-0.05, 0) is 0 Å². The molecule has 0 aliphatic heterocycles. The van der Waals surface area contributed by atoms with Gasteiger partial charge in [-0.2, -0.15) is 0 Å². The van der Waals surface area contributed by atoms with E-state index in [4.69, 9.17) is 0 Å². The summed E-state index contributed by atoms with van der Waals surface area (Å²) in [6, 6.07) is 0. The van der Waals surface area contributed by atoms with Crippen LogP contribution in [0.25, 0.3) is 0 Å². The fourth-order valence-electron chi connectivity index (χ4n) is 0. The Morgan fingerprint density at radius 2 is 0.909 bits per heavy atom. The Morgan fingerprint density at radius 1 is 0.909 bits per heavy atom. The summed E-state index contributed by atoms with van der Waals surface area (Å²) in [5.41, 5.74) is 9.31. The summed E-state index contributed by atoms with van der Waals surface area (Å²) in [5, 5.41) is 0. The van der Waals surface area contributed by atoms with Crippen LogP contribution in [-0.2, 0) is 73.3 Å². The molecular formula is C2H4MoN2S6. The Hall–Kier alpha value is 1.61. The molecule has 0 bridgehead atoms. The first kappa shape index (κ1) is 29.4. The average molecular weight is 344 g/mol. The van der Waals surface area contributed by atoms with Gasteiger partial charge < -0.3 is 88.2 Å². The molecule has 0 rings (SSSR count). The van der Waals surface area contributed by atoms with E-state index >= 15 is 0 Å². The molecule has 0 spiro atoms. The van der Waals surface area contributed by atoms with Gasteiger partial charge in [0.05, 0.1) is 0 Å². The van der Waals surface area contributed by atoms with E-state index in [1.54, 1.807) is 0 Å². The average Bonchev–Trinajstić information content (AvgIpc) is 1.25. The molecule has 0 aromatic rings. The van der Waals surface area contributed by atoms with E-state index in [2.05, 4.69) is 61.2 Å². The number of hydrogen-bond acceptors (Lipinski definition) is 4. The van der Waals surface area contributed by atoms with Gasteiger partial charge in [-0.15, -0.1) is 0 Å². The Balaban J connectivity index is -0.0000000171. The molecule has 0 aromatic carbocycles. The van der Waals surface area contributed by atoms with Gasteiger partial charge in [-0.1, -0.05) is 8.64 Å². The number of thiocarbonyl (C=S) groups is 2. The summed E-state index contributed by atoms with van der Waals surface area (Å²) in [6.45, 7) is 0. The molecule has 0 amide bonds. The van der Waals surface area contributed by atoms with Crippen LogP contribution in [0.2, 0.25) is 0 Å². The maximum absolute atomic E-state index is 4.66. The normalized spacial score (nSPS) is 4.36. The third-order valence-electron chi connectivity index (χ3n) is 0. The van der Waals surface area contributed by atoms with Crippen LogP contribution in [0.4, 0.5) is 0 Å². The molecule has 64 valence electrons. The van der Waals surface area contributed by atoms with Crippen molar-refractivity contribution in [1.29, 1.82) is 0 Å². The zero-order valence-electron chi connectivity index (χ0n) is 5.01. The smallest absolute Gasteiger partial charge is 2.00 e. The summed E-state index contributed by atoms with van der Waals surface area (Å²) in [4.78, 5) is 0. The number of rotatable bonds is 0. The van der Waals surface area contributed by atoms with Crippen molar-refractivity contribution >= 4 is 85.3 Å². The molecule has 0 aromatic heterocycles. The standard InChI is InChI=1S/2CH3NS2.Mo.2S/c2*2-1(3)4;;;/h2*(H3,2,3,4);;;/q;;+6;2*-2/p-2.